The lowest BCUT2D eigenvalue weighted by molar-refractivity contribution is -0.137. The lowest BCUT2D eigenvalue weighted by Gasteiger charge is -2.12. The first-order valence-electron chi connectivity index (χ1n) is 4.04. The molecule has 0 aromatic heterocycles. The van der Waals surface area contributed by atoms with Crippen molar-refractivity contribution in [2.24, 2.45) is 0 Å². The number of aliphatic hydroxyl groups is 1. The second kappa shape index (κ2) is 4.24. The number of hydrogen-bond acceptors (Lipinski definition) is 3. The van der Waals surface area contributed by atoms with Crippen molar-refractivity contribution in [3.05, 3.63) is 35.1 Å². The van der Waals surface area contributed by atoms with Crippen LogP contribution in [0.2, 0.25) is 0 Å². The Morgan fingerprint density at radius 1 is 1.18 bits per heavy atom. The fourth-order valence-electron chi connectivity index (χ4n) is 1.09. The van der Waals surface area contributed by atoms with E-state index in [0.717, 1.165) is 0 Å². The van der Waals surface area contributed by atoms with Gasteiger partial charge in [-0.15, -0.1) is 0 Å². The number of alkyl halides is 3. The summed E-state index contributed by atoms with van der Waals surface area (Å²) < 4.78 is 79.0. The first-order chi connectivity index (χ1) is 7.51. The van der Waals surface area contributed by atoms with Gasteiger partial charge >= 0.3 is 6.18 Å². The summed E-state index contributed by atoms with van der Waals surface area (Å²) in [6, 6.07) is 0.759. The SMILES string of the molecule is O=S(=O)(O)C(O)c1cc(F)cc(C(F)(F)F)c1. The van der Waals surface area contributed by atoms with E-state index in [4.69, 9.17) is 9.66 Å². The minimum Gasteiger partial charge on any atom is -0.371 e. The molecule has 96 valence electrons. The van der Waals surface area contributed by atoms with Crippen LogP contribution >= 0.6 is 0 Å². The molecule has 0 saturated heterocycles. The van der Waals surface area contributed by atoms with E-state index in [1.54, 1.807) is 0 Å². The Labute approximate surface area is 93.2 Å². The van der Waals surface area contributed by atoms with Crippen LogP contribution in [0.4, 0.5) is 17.6 Å². The van der Waals surface area contributed by atoms with Crippen molar-refractivity contribution >= 4 is 10.1 Å². The van der Waals surface area contributed by atoms with E-state index in [9.17, 15) is 26.0 Å². The highest BCUT2D eigenvalue weighted by molar-refractivity contribution is 7.85. The van der Waals surface area contributed by atoms with E-state index in [0.29, 0.717) is 6.07 Å². The van der Waals surface area contributed by atoms with Gasteiger partial charge in [-0.2, -0.15) is 21.6 Å². The quantitative estimate of drug-likeness (QED) is 0.636. The van der Waals surface area contributed by atoms with Gasteiger partial charge in [-0.3, -0.25) is 4.55 Å². The van der Waals surface area contributed by atoms with Gasteiger partial charge in [0.1, 0.15) is 5.82 Å². The molecule has 0 spiro atoms. The van der Waals surface area contributed by atoms with Crippen molar-refractivity contribution in [3.8, 4) is 0 Å². The van der Waals surface area contributed by atoms with Gasteiger partial charge < -0.3 is 5.11 Å². The molecule has 0 aliphatic heterocycles. The number of hydrogen-bond donors (Lipinski definition) is 2. The van der Waals surface area contributed by atoms with Gasteiger partial charge in [-0.1, -0.05) is 0 Å². The van der Waals surface area contributed by atoms with Crippen molar-refractivity contribution in [1.29, 1.82) is 0 Å². The van der Waals surface area contributed by atoms with Crippen LogP contribution < -0.4 is 0 Å². The smallest absolute Gasteiger partial charge is 0.371 e. The molecule has 1 rings (SSSR count). The maximum atomic E-state index is 12.8. The Bertz CT molecular complexity index is 523. The molecule has 1 aromatic rings. The van der Waals surface area contributed by atoms with Crippen molar-refractivity contribution in [2.75, 3.05) is 0 Å². The molecule has 9 heteroatoms. The van der Waals surface area contributed by atoms with Crippen LogP contribution in [0, 0.1) is 5.82 Å². The Morgan fingerprint density at radius 3 is 2.12 bits per heavy atom. The minimum atomic E-state index is -5.01. The van der Waals surface area contributed by atoms with E-state index in [-0.39, 0.29) is 12.1 Å². The van der Waals surface area contributed by atoms with E-state index in [1.807, 2.05) is 0 Å². The first-order valence-corrected chi connectivity index (χ1v) is 5.54. The largest absolute Gasteiger partial charge is 0.416 e. The number of halogens is 4. The topological polar surface area (TPSA) is 74.6 Å². The summed E-state index contributed by atoms with van der Waals surface area (Å²) in [5.41, 5.74) is -4.99. The lowest BCUT2D eigenvalue weighted by atomic mass is 10.1. The lowest BCUT2D eigenvalue weighted by Crippen LogP contribution is -2.13. The molecule has 0 bridgehead atoms. The molecule has 0 amide bonds. The molecule has 0 aliphatic carbocycles. The maximum Gasteiger partial charge on any atom is 0.416 e. The summed E-state index contributed by atoms with van der Waals surface area (Å²) >= 11 is 0. The summed E-state index contributed by atoms with van der Waals surface area (Å²) in [4.78, 5) is 0. The van der Waals surface area contributed by atoms with Crippen molar-refractivity contribution in [3.63, 3.8) is 0 Å². The number of aliphatic hydroxyl groups excluding tert-OH is 1. The molecule has 1 atom stereocenters. The normalized spacial score (nSPS) is 14.7. The monoisotopic (exact) mass is 274 g/mol. The van der Waals surface area contributed by atoms with Gasteiger partial charge in [0.25, 0.3) is 10.1 Å². The summed E-state index contributed by atoms with van der Waals surface area (Å²) in [7, 11) is -5.01. The first kappa shape index (κ1) is 13.9. The van der Waals surface area contributed by atoms with E-state index in [2.05, 4.69) is 0 Å². The van der Waals surface area contributed by atoms with Crippen LogP contribution in [-0.4, -0.2) is 18.1 Å². The molecule has 1 unspecified atom stereocenters. The van der Waals surface area contributed by atoms with Crippen molar-refractivity contribution < 1.29 is 35.6 Å². The van der Waals surface area contributed by atoms with Crippen LogP contribution in [0.25, 0.3) is 0 Å². The fraction of sp³-hybridized carbons (Fsp3) is 0.250. The average molecular weight is 274 g/mol. The van der Waals surface area contributed by atoms with Crippen LogP contribution in [0.5, 0.6) is 0 Å². The zero-order chi connectivity index (χ0) is 13.4. The second-order valence-corrected chi connectivity index (χ2v) is 4.61. The standard InChI is InChI=1S/C8H6F4O4S/c9-6-2-4(7(13)17(14,15)16)1-5(3-6)8(10,11)12/h1-3,7,13H,(H,14,15,16). The zero-order valence-electron chi connectivity index (χ0n) is 7.94. The van der Waals surface area contributed by atoms with Crippen LogP contribution in [0.3, 0.4) is 0 Å². The zero-order valence-corrected chi connectivity index (χ0v) is 8.76. The maximum absolute atomic E-state index is 12.8. The van der Waals surface area contributed by atoms with Gasteiger partial charge in [-0.05, 0) is 18.2 Å². The molecule has 2 N–H and O–H groups in total. The van der Waals surface area contributed by atoms with E-state index < -0.39 is 38.7 Å². The molecule has 17 heavy (non-hydrogen) atoms. The molecular weight excluding hydrogens is 268 g/mol. The van der Waals surface area contributed by atoms with Gasteiger partial charge in [0, 0.05) is 5.56 Å². The molecule has 4 nitrogen and oxygen atoms in total. The predicted octanol–water partition coefficient (Wildman–Crippen LogP) is 1.72. The van der Waals surface area contributed by atoms with Crippen molar-refractivity contribution in [2.45, 2.75) is 11.6 Å². The Morgan fingerprint density at radius 2 is 1.71 bits per heavy atom. The van der Waals surface area contributed by atoms with Gasteiger partial charge in [-0.25, -0.2) is 4.39 Å². The molecule has 1 aromatic carbocycles. The van der Waals surface area contributed by atoms with Crippen LogP contribution in [0.15, 0.2) is 18.2 Å². The highest BCUT2D eigenvalue weighted by Crippen LogP contribution is 2.32. The molecule has 0 fully saturated rings. The minimum absolute atomic E-state index is 0.139. The summed E-state index contributed by atoms with van der Waals surface area (Å²) in [5, 5.41) is 9.00. The molecule has 0 heterocycles. The third-order valence-electron chi connectivity index (χ3n) is 1.81. The van der Waals surface area contributed by atoms with E-state index in [1.165, 1.54) is 0 Å². The number of benzene rings is 1. The van der Waals surface area contributed by atoms with Crippen molar-refractivity contribution in [1.82, 2.24) is 0 Å². The summed E-state index contributed by atoms with van der Waals surface area (Å²) in [5.74, 6) is -1.38. The summed E-state index contributed by atoms with van der Waals surface area (Å²) in [6.45, 7) is 0. The van der Waals surface area contributed by atoms with Gasteiger partial charge in [0.2, 0.25) is 5.44 Å². The highest BCUT2D eigenvalue weighted by atomic mass is 32.2. The molecule has 0 saturated carbocycles. The number of rotatable bonds is 2. The summed E-state index contributed by atoms with van der Waals surface area (Å²) in [6.07, 6.45) is -4.89. The molecule has 0 aliphatic rings. The fourth-order valence-corrected chi connectivity index (χ4v) is 1.57. The Hall–Kier alpha value is -1.19. The highest BCUT2D eigenvalue weighted by Gasteiger charge is 2.33. The van der Waals surface area contributed by atoms with Crippen LogP contribution in [0.1, 0.15) is 16.6 Å². The molecular formula is C8H6F4O4S. The second-order valence-electron chi connectivity index (χ2n) is 3.14. The van der Waals surface area contributed by atoms with Crippen LogP contribution in [-0.2, 0) is 16.3 Å². The third kappa shape index (κ3) is 3.38. The average Bonchev–Trinajstić information content (AvgIpc) is 2.12. The third-order valence-corrected chi connectivity index (χ3v) is 2.65. The van der Waals surface area contributed by atoms with E-state index >= 15 is 0 Å². The van der Waals surface area contributed by atoms with Gasteiger partial charge in [0.05, 0.1) is 5.56 Å². The Balaban J connectivity index is 3.33. The predicted molar refractivity (Wildman–Crippen MR) is 47.9 cm³/mol. The molecule has 0 radical (unpaired) electrons. The Kier molecular flexibility index (Phi) is 3.46. The van der Waals surface area contributed by atoms with Gasteiger partial charge in [0.15, 0.2) is 0 Å².